The summed E-state index contributed by atoms with van der Waals surface area (Å²) in [6.07, 6.45) is 2.62. The Morgan fingerprint density at radius 2 is 1.71 bits per heavy atom. The number of fused-ring (bicyclic) bond motifs is 1. The lowest BCUT2D eigenvalue weighted by Gasteiger charge is -2.20. The van der Waals surface area contributed by atoms with Gasteiger partial charge in [0.05, 0.1) is 12.6 Å². The molecule has 0 saturated carbocycles. The number of aromatic nitrogens is 4. The molecule has 0 saturated heterocycles. The zero-order valence-electron chi connectivity index (χ0n) is 16.3. The molecule has 0 aliphatic rings. The third-order valence-electron chi connectivity index (χ3n) is 4.76. The second kappa shape index (κ2) is 7.36. The molecule has 28 heavy (non-hydrogen) atoms. The highest BCUT2D eigenvalue weighted by atomic mass is 32.2. The molecule has 9 nitrogen and oxygen atoms in total. The lowest BCUT2D eigenvalue weighted by Crippen LogP contribution is -2.38. The Bertz CT molecular complexity index is 1240. The maximum atomic E-state index is 12.5. The molecule has 10 heteroatoms. The summed E-state index contributed by atoms with van der Waals surface area (Å²) in [6.45, 7) is 2.62. The Hall–Kier alpha value is -2.72. The highest BCUT2D eigenvalue weighted by Gasteiger charge is 2.19. The Morgan fingerprint density at radius 3 is 2.32 bits per heavy atom. The van der Waals surface area contributed by atoms with Crippen LogP contribution in [0.1, 0.15) is 11.1 Å². The summed E-state index contributed by atoms with van der Waals surface area (Å²) >= 11 is 0. The van der Waals surface area contributed by atoms with Crippen LogP contribution in [0.25, 0.3) is 11.2 Å². The fourth-order valence-corrected chi connectivity index (χ4v) is 3.84. The second-order valence-electron chi connectivity index (χ2n) is 6.90. The van der Waals surface area contributed by atoms with Gasteiger partial charge in [0.2, 0.25) is 10.0 Å². The number of nitrogens with zero attached hydrogens (tertiary/aromatic N) is 5. The van der Waals surface area contributed by atoms with Crippen molar-refractivity contribution < 1.29 is 8.42 Å². The van der Waals surface area contributed by atoms with E-state index >= 15 is 0 Å². The number of hydrogen-bond acceptors (Lipinski definition) is 5. The van der Waals surface area contributed by atoms with Crippen molar-refractivity contribution in [3.8, 4) is 0 Å². The molecule has 0 radical (unpaired) electrons. The summed E-state index contributed by atoms with van der Waals surface area (Å²) in [5.41, 5.74) is 1.61. The topological polar surface area (TPSA) is 99.2 Å². The summed E-state index contributed by atoms with van der Waals surface area (Å²) in [6, 6.07) is 7.66. The van der Waals surface area contributed by atoms with E-state index in [0.29, 0.717) is 0 Å². The lowest BCUT2D eigenvalue weighted by atomic mass is 10.1. The summed E-state index contributed by atoms with van der Waals surface area (Å²) < 4.78 is 29.7. The first kappa shape index (κ1) is 20.0. The van der Waals surface area contributed by atoms with Gasteiger partial charge in [-0.25, -0.2) is 18.2 Å². The van der Waals surface area contributed by atoms with Gasteiger partial charge < -0.3 is 4.57 Å². The van der Waals surface area contributed by atoms with Crippen LogP contribution in [-0.2, 0) is 37.2 Å². The molecule has 0 aliphatic carbocycles. The van der Waals surface area contributed by atoms with Crippen molar-refractivity contribution in [3.05, 3.63) is 62.6 Å². The van der Waals surface area contributed by atoms with E-state index in [-0.39, 0.29) is 30.8 Å². The Labute approximate surface area is 162 Å². The van der Waals surface area contributed by atoms with Crippen LogP contribution >= 0.6 is 0 Å². The number of imidazole rings is 1. The first-order valence-corrected chi connectivity index (χ1v) is 10.6. The summed E-state index contributed by atoms with van der Waals surface area (Å²) in [5, 5.41) is 0. The first-order valence-electron chi connectivity index (χ1n) is 8.71. The monoisotopic (exact) mass is 405 g/mol. The fourth-order valence-electron chi connectivity index (χ4n) is 3.05. The van der Waals surface area contributed by atoms with Gasteiger partial charge in [0.25, 0.3) is 5.56 Å². The molecule has 3 aromatic rings. The summed E-state index contributed by atoms with van der Waals surface area (Å²) in [5.74, 6) is 0. The van der Waals surface area contributed by atoms with Crippen LogP contribution in [0.3, 0.4) is 0 Å². The fraction of sp³-hybridized carbons (Fsp3) is 0.389. The van der Waals surface area contributed by atoms with E-state index in [9.17, 15) is 18.0 Å². The largest absolute Gasteiger partial charge is 0.332 e. The first-order chi connectivity index (χ1) is 13.1. The molecule has 0 amide bonds. The van der Waals surface area contributed by atoms with E-state index in [1.807, 2.05) is 31.2 Å². The minimum Gasteiger partial charge on any atom is -0.323 e. The van der Waals surface area contributed by atoms with E-state index in [1.165, 1.54) is 22.2 Å². The van der Waals surface area contributed by atoms with Crippen molar-refractivity contribution in [1.29, 1.82) is 0 Å². The molecule has 2 aromatic heterocycles. The van der Waals surface area contributed by atoms with Crippen molar-refractivity contribution in [2.24, 2.45) is 14.1 Å². The van der Waals surface area contributed by atoms with Gasteiger partial charge in [-0.05, 0) is 12.5 Å². The molecule has 0 fully saturated rings. The van der Waals surface area contributed by atoms with Crippen LogP contribution in [0.2, 0.25) is 0 Å². The van der Waals surface area contributed by atoms with Crippen molar-refractivity contribution >= 4 is 21.2 Å². The van der Waals surface area contributed by atoms with Crippen LogP contribution in [0.15, 0.2) is 40.2 Å². The van der Waals surface area contributed by atoms with Crippen LogP contribution in [-0.4, -0.2) is 44.2 Å². The van der Waals surface area contributed by atoms with Gasteiger partial charge in [-0.15, -0.1) is 0 Å². The van der Waals surface area contributed by atoms with Crippen LogP contribution in [0.5, 0.6) is 0 Å². The molecule has 0 spiro atoms. The van der Waals surface area contributed by atoms with E-state index in [0.717, 1.165) is 21.9 Å². The molecule has 0 N–H and O–H groups in total. The number of benzene rings is 1. The average molecular weight is 405 g/mol. The molecular weight excluding hydrogens is 382 g/mol. The molecular formula is C18H23N5O4S. The average Bonchev–Trinajstić information content (AvgIpc) is 3.06. The highest BCUT2D eigenvalue weighted by molar-refractivity contribution is 7.88. The second-order valence-corrected chi connectivity index (χ2v) is 8.88. The van der Waals surface area contributed by atoms with Gasteiger partial charge in [0, 0.05) is 33.7 Å². The minimum absolute atomic E-state index is 0.171. The van der Waals surface area contributed by atoms with E-state index < -0.39 is 21.3 Å². The van der Waals surface area contributed by atoms with Crippen molar-refractivity contribution in [2.45, 2.75) is 20.0 Å². The van der Waals surface area contributed by atoms with Crippen LogP contribution in [0, 0.1) is 6.92 Å². The molecule has 0 unspecified atom stereocenters. The molecule has 0 bridgehead atoms. The lowest BCUT2D eigenvalue weighted by molar-refractivity contribution is 0.392. The van der Waals surface area contributed by atoms with E-state index in [4.69, 9.17) is 0 Å². The van der Waals surface area contributed by atoms with Gasteiger partial charge in [-0.2, -0.15) is 4.31 Å². The summed E-state index contributed by atoms with van der Waals surface area (Å²) in [4.78, 5) is 28.7. The Balaban J connectivity index is 1.91. The number of aryl methyl sites for hydroxylation is 2. The SMILES string of the molecule is Cc1ccc(CN(CCn2cnc3c2c(=O)n(C)c(=O)n3C)S(C)(=O)=O)cc1. The zero-order chi connectivity index (χ0) is 20.6. The smallest absolute Gasteiger partial charge is 0.323 e. The quantitative estimate of drug-likeness (QED) is 0.584. The number of rotatable bonds is 6. The van der Waals surface area contributed by atoms with Crippen molar-refractivity contribution in [3.63, 3.8) is 0 Å². The van der Waals surface area contributed by atoms with Gasteiger partial charge in [-0.1, -0.05) is 29.8 Å². The molecule has 0 aliphatic heterocycles. The molecule has 2 heterocycles. The third-order valence-corrected chi connectivity index (χ3v) is 6.01. The maximum absolute atomic E-state index is 12.5. The maximum Gasteiger partial charge on any atom is 0.332 e. The predicted molar refractivity (Wildman–Crippen MR) is 107 cm³/mol. The number of sulfonamides is 1. The van der Waals surface area contributed by atoms with E-state index in [1.54, 1.807) is 11.6 Å². The van der Waals surface area contributed by atoms with Crippen LogP contribution in [0.4, 0.5) is 0 Å². The zero-order valence-corrected chi connectivity index (χ0v) is 17.1. The number of hydrogen-bond donors (Lipinski definition) is 0. The Kier molecular flexibility index (Phi) is 5.26. The van der Waals surface area contributed by atoms with Crippen molar-refractivity contribution in [2.75, 3.05) is 12.8 Å². The molecule has 150 valence electrons. The normalized spacial score (nSPS) is 12.2. The van der Waals surface area contributed by atoms with E-state index in [2.05, 4.69) is 4.98 Å². The standard InChI is InChI=1S/C18H23N5O4S/c1-13-5-7-14(8-6-13)11-23(28(4,26)27)10-9-22-12-19-16-15(22)17(24)21(3)18(25)20(16)2/h5-8,12H,9-11H2,1-4H3. The molecule has 1 aromatic carbocycles. The van der Waals surface area contributed by atoms with Crippen molar-refractivity contribution in [1.82, 2.24) is 23.0 Å². The highest BCUT2D eigenvalue weighted by Crippen LogP contribution is 2.12. The third kappa shape index (κ3) is 3.78. The van der Waals surface area contributed by atoms with Gasteiger partial charge in [0.15, 0.2) is 11.2 Å². The molecule has 3 rings (SSSR count). The minimum atomic E-state index is -3.45. The molecule has 0 atom stereocenters. The summed E-state index contributed by atoms with van der Waals surface area (Å²) in [7, 11) is -0.504. The Morgan fingerprint density at radius 1 is 1.07 bits per heavy atom. The predicted octanol–water partition coefficient (Wildman–Crippen LogP) is 0.204. The van der Waals surface area contributed by atoms with Gasteiger partial charge in [0.1, 0.15) is 0 Å². The van der Waals surface area contributed by atoms with Crippen LogP contribution < -0.4 is 11.2 Å². The van der Waals surface area contributed by atoms with Gasteiger partial charge in [-0.3, -0.25) is 13.9 Å². The van der Waals surface area contributed by atoms with Gasteiger partial charge >= 0.3 is 5.69 Å².